The molecule has 1 heterocycles. The van der Waals surface area contributed by atoms with Crippen LogP contribution in [0, 0.1) is 5.82 Å². The summed E-state index contributed by atoms with van der Waals surface area (Å²) in [5.74, 6) is -1.40. The number of carboxylic acid groups (broad SMARTS) is 1. The Bertz CT molecular complexity index is 650. The fourth-order valence-electron chi connectivity index (χ4n) is 1.36. The Morgan fingerprint density at radius 1 is 1.26 bits per heavy atom. The smallest absolute Gasteiger partial charge is 0.337 e. The van der Waals surface area contributed by atoms with Crippen molar-refractivity contribution in [2.24, 2.45) is 0 Å². The van der Waals surface area contributed by atoms with Gasteiger partial charge in [0.1, 0.15) is 11.6 Å². The lowest BCUT2D eigenvalue weighted by atomic mass is 10.2. The zero-order valence-electron chi connectivity index (χ0n) is 9.32. The number of aromatic nitrogens is 1. The molecule has 0 bridgehead atoms. The Labute approximate surface area is 117 Å². The first-order chi connectivity index (χ1) is 8.97. The molecule has 0 saturated heterocycles. The quantitative estimate of drug-likeness (QED) is 0.900. The average Bonchev–Trinajstić information content (AvgIpc) is 2.36. The van der Waals surface area contributed by atoms with E-state index in [4.69, 9.17) is 28.3 Å². The van der Waals surface area contributed by atoms with E-state index in [0.717, 1.165) is 0 Å². The SMILES string of the molecule is O=C(O)c1cnc(Nc2ccc(F)c(Cl)c2)c(Cl)c1. The third-order valence-corrected chi connectivity index (χ3v) is 2.85. The highest BCUT2D eigenvalue weighted by atomic mass is 35.5. The lowest BCUT2D eigenvalue weighted by Gasteiger charge is -2.08. The zero-order valence-corrected chi connectivity index (χ0v) is 10.8. The second-order valence-corrected chi connectivity index (χ2v) is 4.43. The van der Waals surface area contributed by atoms with Crippen molar-refractivity contribution in [1.29, 1.82) is 0 Å². The third kappa shape index (κ3) is 3.13. The number of rotatable bonds is 3. The number of benzene rings is 1. The van der Waals surface area contributed by atoms with Crippen LogP contribution in [0.3, 0.4) is 0 Å². The molecule has 7 heteroatoms. The number of hydrogen-bond acceptors (Lipinski definition) is 3. The zero-order chi connectivity index (χ0) is 14.0. The van der Waals surface area contributed by atoms with E-state index in [1.54, 1.807) is 0 Å². The molecule has 4 nitrogen and oxygen atoms in total. The largest absolute Gasteiger partial charge is 0.478 e. The monoisotopic (exact) mass is 300 g/mol. The number of anilines is 2. The van der Waals surface area contributed by atoms with Gasteiger partial charge >= 0.3 is 5.97 Å². The first-order valence-corrected chi connectivity index (χ1v) is 5.84. The molecule has 0 unspecified atom stereocenters. The van der Waals surface area contributed by atoms with Gasteiger partial charge in [-0.3, -0.25) is 0 Å². The fraction of sp³-hybridized carbons (Fsp3) is 0. The predicted octanol–water partition coefficient (Wildman–Crippen LogP) is 3.97. The van der Waals surface area contributed by atoms with Gasteiger partial charge in [0.05, 0.1) is 15.6 Å². The molecule has 2 N–H and O–H groups in total. The second kappa shape index (κ2) is 5.42. The Kier molecular flexibility index (Phi) is 3.87. The van der Waals surface area contributed by atoms with Crippen LogP contribution in [-0.4, -0.2) is 16.1 Å². The Morgan fingerprint density at radius 3 is 2.58 bits per heavy atom. The van der Waals surface area contributed by atoms with Gasteiger partial charge in [0.15, 0.2) is 0 Å². The van der Waals surface area contributed by atoms with E-state index >= 15 is 0 Å². The molecule has 0 amide bonds. The number of carboxylic acids is 1. The summed E-state index contributed by atoms with van der Waals surface area (Å²) in [5, 5.41) is 11.7. The molecule has 0 radical (unpaired) electrons. The standard InChI is InChI=1S/C12H7Cl2FN2O2/c13-8-4-7(1-2-10(8)15)17-11-9(14)3-6(5-16-11)12(18)19/h1-5H,(H,16,17)(H,18,19). The maximum atomic E-state index is 13.0. The molecular formula is C12H7Cl2FN2O2. The average molecular weight is 301 g/mol. The van der Waals surface area contributed by atoms with Gasteiger partial charge in [0.25, 0.3) is 0 Å². The number of nitrogens with one attached hydrogen (secondary N) is 1. The number of halogens is 3. The van der Waals surface area contributed by atoms with Gasteiger partial charge in [-0.15, -0.1) is 0 Å². The summed E-state index contributed by atoms with van der Waals surface area (Å²) in [6, 6.07) is 5.30. The molecule has 0 spiro atoms. The molecule has 0 aliphatic carbocycles. The number of hydrogen-bond donors (Lipinski definition) is 2. The van der Waals surface area contributed by atoms with Crippen LogP contribution in [0.15, 0.2) is 30.5 Å². The summed E-state index contributed by atoms with van der Waals surface area (Å²) in [6.07, 6.45) is 1.17. The molecule has 1 aromatic carbocycles. The van der Waals surface area contributed by atoms with E-state index in [2.05, 4.69) is 10.3 Å². The summed E-state index contributed by atoms with van der Waals surface area (Å²) in [5.41, 5.74) is 0.469. The van der Waals surface area contributed by atoms with E-state index < -0.39 is 11.8 Å². The molecule has 0 saturated carbocycles. The van der Waals surface area contributed by atoms with Crippen molar-refractivity contribution in [3.8, 4) is 0 Å². The van der Waals surface area contributed by atoms with Crippen molar-refractivity contribution in [3.63, 3.8) is 0 Å². The minimum absolute atomic E-state index is 0.0207. The van der Waals surface area contributed by atoms with E-state index in [-0.39, 0.29) is 21.4 Å². The van der Waals surface area contributed by atoms with Crippen LogP contribution >= 0.6 is 23.2 Å². The highest BCUT2D eigenvalue weighted by Gasteiger charge is 2.09. The van der Waals surface area contributed by atoms with Gasteiger partial charge in [0.2, 0.25) is 0 Å². The Balaban J connectivity index is 2.28. The van der Waals surface area contributed by atoms with Crippen LogP contribution in [-0.2, 0) is 0 Å². The molecule has 19 heavy (non-hydrogen) atoms. The van der Waals surface area contributed by atoms with Gasteiger partial charge < -0.3 is 10.4 Å². The predicted molar refractivity (Wildman–Crippen MR) is 70.9 cm³/mol. The van der Waals surface area contributed by atoms with Gasteiger partial charge in [-0.05, 0) is 24.3 Å². The molecule has 0 aliphatic rings. The molecule has 0 atom stereocenters. The third-order valence-electron chi connectivity index (χ3n) is 2.27. The van der Waals surface area contributed by atoms with Gasteiger partial charge in [0, 0.05) is 11.9 Å². The van der Waals surface area contributed by atoms with Crippen LogP contribution in [0.25, 0.3) is 0 Å². The molecule has 1 aromatic heterocycles. The van der Waals surface area contributed by atoms with E-state index in [1.165, 1.54) is 30.5 Å². The van der Waals surface area contributed by atoms with Crippen molar-refractivity contribution in [2.75, 3.05) is 5.32 Å². The van der Waals surface area contributed by atoms with E-state index in [0.29, 0.717) is 5.69 Å². The van der Waals surface area contributed by atoms with Crippen molar-refractivity contribution in [2.45, 2.75) is 0 Å². The molecule has 0 fully saturated rings. The number of aromatic carboxylic acids is 1. The minimum atomic E-state index is -1.12. The van der Waals surface area contributed by atoms with Crippen LogP contribution in [0.4, 0.5) is 15.9 Å². The fourth-order valence-corrected chi connectivity index (χ4v) is 1.75. The lowest BCUT2D eigenvalue weighted by molar-refractivity contribution is 0.0696. The maximum Gasteiger partial charge on any atom is 0.337 e. The van der Waals surface area contributed by atoms with Crippen LogP contribution < -0.4 is 5.32 Å². The van der Waals surface area contributed by atoms with Gasteiger partial charge in [-0.1, -0.05) is 23.2 Å². The summed E-state index contributed by atoms with van der Waals surface area (Å²) in [7, 11) is 0. The number of carbonyl (C=O) groups is 1. The highest BCUT2D eigenvalue weighted by Crippen LogP contribution is 2.26. The minimum Gasteiger partial charge on any atom is -0.478 e. The van der Waals surface area contributed by atoms with Crippen LogP contribution in [0.5, 0.6) is 0 Å². The number of nitrogens with zero attached hydrogens (tertiary/aromatic N) is 1. The number of pyridine rings is 1. The highest BCUT2D eigenvalue weighted by molar-refractivity contribution is 6.33. The summed E-state index contributed by atoms with van der Waals surface area (Å²) < 4.78 is 13.0. The Hall–Kier alpha value is -1.85. The maximum absolute atomic E-state index is 13.0. The van der Waals surface area contributed by atoms with Crippen molar-refractivity contribution >= 4 is 40.7 Å². The molecule has 0 aliphatic heterocycles. The summed E-state index contributed by atoms with van der Waals surface area (Å²) >= 11 is 11.5. The second-order valence-electron chi connectivity index (χ2n) is 3.61. The summed E-state index contributed by atoms with van der Waals surface area (Å²) in [6.45, 7) is 0. The lowest BCUT2D eigenvalue weighted by Crippen LogP contribution is -2.00. The van der Waals surface area contributed by atoms with Gasteiger partial charge in [-0.25, -0.2) is 14.2 Å². The summed E-state index contributed by atoms with van der Waals surface area (Å²) in [4.78, 5) is 14.6. The molecular weight excluding hydrogens is 294 g/mol. The van der Waals surface area contributed by atoms with E-state index in [9.17, 15) is 9.18 Å². The first kappa shape index (κ1) is 13.6. The molecule has 98 valence electrons. The van der Waals surface area contributed by atoms with Crippen molar-refractivity contribution in [1.82, 2.24) is 4.98 Å². The van der Waals surface area contributed by atoms with Gasteiger partial charge in [-0.2, -0.15) is 0 Å². The van der Waals surface area contributed by atoms with E-state index in [1.807, 2.05) is 0 Å². The normalized spacial score (nSPS) is 10.3. The molecule has 2 aromatic rings. The topological polar surface area (TPSA) is 62.2 Å². The Morgan fingerprint density at radius 2 is 2.00 bits per heavy atom. The van der Waals surface area contributed by atoms with Crippen LogP contribution in [0.2, 0.25) is 10.0 Å². The van der Waals surface area contributed by atoms with Crippen LogP contribution in [0.1, 0.15) is 10.4 Å². The van der Waals surface area contributed by atoms with Crippen molar-refractivity contribution in [3.05, 3.63) is 51.9 Å². The molecule has 2 rings (SSSR count). The first-order valence-electron chi connectivity index (χ1n) is 5.08. The van der Waals surface area contributed by atoms with Crippen molar-refractivity contribution < 1.29 is 14.3 Å².